The van der Waals surface area contributed by atoms with E-state index in [-0.39, 0.29) is 0 Å². The number of halogens is 13. The van der Waals surface area contributed by atoms with Gasteiger partial charge in [-0.25, -0.2) is 4.79 Å². The fourth-order valence-corrected chi connectivity index (χ4v) is 1.26. The molecule has 25 heavy (non-hydrogen) atoms. The fraction of sp³-hybridized carbons (Fsp3) is 0.889. The molecule has 0 bridgehead atoms. The van der Waals surface area contributed by atoms with Gasteiger partial charge in [0.05, 0.1) is 6.42 Å². The summed E-state index contributed by atoms with van der Waals surface area (Å²) in [6, 6.07) is 0. The van der Waals surface area contributed by atoms with Gasteiger partial charge in [-0.2, -0.15) is 57.1 Å². The summed E-state index contributed by atoms with van der Waals surface area (Å²) in [6.07, 6.45) is -14.3. The first-order valence-electron chi connectivity index (χ1n) is 5.44. The zero-order valence-corrected chi connectivity index (χ0v) is 11.0. The van der Waals surface area contributed by atoms with E-state index in [1.54, 1.807) is 0 Å². The average molecular weight is 408 g/mol. The Morgan fingerprint density at radius 1 is 0.680 bits per heavy atom. The van der Waals surface area contributed by atoms with Gasteiger partial charge >= 0.3 is 41.8 Å². The molecule has 0 aromatic carbocycles. The molecular formula is C9H5F13O3. The Hall–Kier alpha value is -1.48. The number of carboxylic acids is 1. The number of carbonyl (C=O) groups is 1. The van der Waals surface area contributed by atoms with Crippen molar-refractivity contribution in [1.82, 2.24) is 0 Å². The highest BCUT2D eigenvalue weighted by Crippen LogP contribution is 2.60. The Morgan fingerprint density at radius 2 is 1.00 bits per heavy atom. The highest BCUT2D eigenvalue weighted by Gasteiger charge is 2.90. The van der Waals surface area contributed by atoms with Crippen LogP contribution in [0.1, 0.15) is 6.42 Å². The van der Waals surface area contributed by atoms with Crippen LogP contribution in [0.4, 0.5) is 57.1 Å². The molecule has 0 rings (SSSR count). The van der Waals surface area contributed by atoms with Crippen molar-refractivity contribution in [3.8, 4) is 0 Å². The Labute approximate surface area is 128 Å². The van der Waals surface area contributed by atoms with E-state index in [0.29, 0.717) is 0 Å². The lowest BCUT2D eigenvalue weighted by atomic mass is 9.91. The van der Waals surface area contributed by atoms with Gasteiger partial charge in [0.1, 0.15) is 0 Å². The Morgan fingerprint density at radius 3 is 1.28 bits per heavy atom. The molecule has 0 radical (unpaired) electrons. The summed E-state index contributed by atoms with van der Waals surface area (Å²) in [5.74, 6) is -40.8. The van der Waals surface area contributed by atoms with Crippen LogP contribution in [0, 0.1) is 0 Å². The Bertz CT molecular complexity index is 509. The third-order valence-corrected chi connectivity index (χ3v) is 2.73. The summed E-state index contributed by atoms with van der Waals surface area (Å²) in [4.78, 5) is 10.0. The largest absolute Gasteiger partial charge is 0.479 e. The predicted octanol–water partition coefficient (Wildman–Crippen LogP) is 3.56. The second-order valence-electron chi connectivity index (χ2n) is 4.56. The van der Waals surface area contributed by atoms with Crippen molar-refractivity contribution in [3.05, 3.63) is 0 Å². The highest BCUT2D eigenvalue weighted by molar-refractivity contribution is 5.72. The molecule has 0 saturated heterocycles. The maximum atomic E-state index is 13.0. The van der Waals surface area contributed by atoms with E-state index < -0.39 is 54.3 Å². The van der Waals surface area contributed by atoms with Crippen LogP contribution >= 0.6 is 0 Å². The summed E-state index contributed by atoms with van der Waals surface area (Å²) >= 11 is 0. The summed E-state index contributed by atoms with van der Waals surface area (Å²) in [6.45, 7) is 0. The van der Waals surface area contributed by atoms with Crippen molar-refractivity contribution in [2.24, 2.45) is 0 Å². The van der Waals surface area contributed by atoms with E-state index >= 15 is 0 Å². The zero-order valence-electron chi connectivity index (χ0n) is 11.0. The Balaban J connectivity index is 6.16. The van der Waals surface area contributed by atoms with Gasteiger partial charge in [0, 0.05) is 0 Å². The van der Waals surface area contributed by atoms with E-state index in [1.807, 2.05) is 0 Å². The number of hydrogen-bond donors (Lipinski definition) is 2. The van der Waals surface area contributed by atoms with Crippen LogP contribution in [0.25, 0.3) is 0 Å². The number of aliphatic hydroxyl groups excluding tert-OH is 1. The molecule has 1 unspecified atom stereocenters. The maximum Gasteiger partial charge on any atom is 0.460 e. The number of aliphatic carboxylic acids is 1. The molecule has 0 amide bonds. The van der Waals surface area contributed by atoms with E-state index in [4.69, 9.17) is 10.2 Å². The lowest BCUT2D eigenvalue weighted by Crippen LogP contribution is -2.70. The minimum absolute atomic E-state index is 2.72. The molecule has 3 nitrogen and oxygen atoms in total. The molecule has 2 N–H and O–H groups in total. The molecule has 16 heteroatoms. The van der Waals surface area contributed by atoms with Crippen molar-refractivity contribution in [2.75, 3.05) is 0 Å². The second kappa shape index (κ2) is 6.05. The van der Waals surface area contributed by atoms with Gasteiger partial charge in [0.25, 0.3) is 0 Å². The third kappa shape index (κ3) is 3.44. The molecule has 0 fully saturated rings. The van der Waals surface area contributed by atoms with Crippen LogP contribution in [0.15, 0.2) is 0 Å². The highest BCUT2D eigenvalue weighted by atomic mass is 19.4. The van der Waals surface area contributed by atoms with E-state index in [9.17, 15) is 61.9 Å². The minimum Gasteiger partial charge on any atom is -0.479 e. The van der Waals surface area contributed by atoms with Gasteiger partial charge < -0.3 is 10.2 Å². The van der Waals surface area contributed by atoms with Crippen molar-refractivity contribution >= 4 is 5.97 Å². The average Bonchev–Trinajstić information content (AvgIpc) is 2.35. The number of hydrogen-bond acceptors (Lipinski definition) is 2. The quantitative estimate of drug-likeness (QED) is 0.634. The van der Waals surface area contributed by atoms with Crippen LogP contribution < -0.4 is 0 Å². The molecule has 150 valence electrons. The summed E-state index contributed by atoms with van der Waals surface area (Å²) in [5.41, 5.74) is 0. The van der Waals surface area contributed by atoms with Gasteiger partial charge in [0.15, 0.2) is 6.10 Å². The van der Waals surface area contributed by atoms with Gasteiger partial charge in [-0.3, -0.25) is 0 Å². The number of rotatable bonds is 7. The first-order valence-corrected chi connectivity index (χ1v) is 5.44. The molecule has 0 saturated carbocycles. The molecule has 1 atom stereocenters. The van der Waals surface area contributed by atoms with Gasteiger partial charge in [-0.05, 0) is 0 Å². The minimum atomic E-state index is -8.06. The lowest BCUT2D eigenvalue weighted by Gasteiger charge is -2.39. The molecular weight excluding hydrogens is 403 g/mol. The van der Waals surface area contributed by atoms with Crippen LogP contribution in [-0.4, -0.2) is 58.1 Å². The van der Waals surface area contributed by atoms with Gasteiger partial charge in [-0.1, -0.05) is 0 Å². The van der Waals surface area contributed by atoms with E-state index in [1.165, 1.54) is 0 Å². The lowest BCUT2D eigenvalue weighted by molar-refractivity contribution is -0.440. The number of aliphatic hydroxyl groups is 1. The van der Waals surface area contributed by atoms with Crippen molar-refractivity contribution in [2.45, 2.75) is 48.3 Å². The SMILES string of the molecule is O=C(O)C(O)CC(F)(F)C(F)(F)C(F)(F)C(F)(F)C(F)(F)C(F)(F)F. The van der Waals surface area contributed by atoms with Gasteiger partial charge in [0.2, 0.25) is 0 Å². The summed E-state index contributed by atoms with van der Waals surface area (Å²) < 4.78 is 164. The fourth-order valence-electron chi connectivity index (χ4n) is 1.26. The van der Waals surface area contributed by atoms with Gasteiger partial charge in [-0.15, -0.1) is 0 Å². The zero-order chi connectivity index (χ0) is 20.9. The summed E-state index contributed by atoms with van der Waals surface area (Å²) in [7, 11) is 0. The number of carboxylic acid groups (broad SMARTS) is 1. The monoisotopic (exact) mass is 408 g/mol. The predicted molar refractivity (Wildman–Crippen MR) is 49.0 cm³/mol. The molecule has 0 aromatic heterocycles. The standard InChI is InChI=1S/C9H5F13O3/c10-4(11,1-2(23)3(24)25)5(12,13)6(14,15)7(16,17)8(18,19)9(20,21)22/h2,23H,1H2,(H,24,25). The second-order valence-corrected chi connectivity index (χ2v) is 4.56. The first kappa shape index (κ1) is 23.5. The molecule has 0 aliphatic heterocycles. The molecule has 0 aromatic rings. The van der Waals surface area contributed by atoms with Crippen molar-refractivity contribution < 1.29 is 72.1 Å². The maximum absolute atomic E-state index is 13.0. The molecule has 0 aliphatic rings. The molecule has 0 aliphatic carbocycles. The van der Waals surface area contributed by atoms with E-state index in [0.717, 1.165) is 0 Å². The smallest absolute Gasteiger partial charge is 0.460 e. The van der Waals surface area contributed by atoms with Crippen molar-refractivity contribution in [3.63, 3.8) is 0 Å². The number of alkyl halides is 13. The topological polar surface area (TPSA) is 57.5 Å². The Kier molecular flexibility index (Phi) is 5.69. The van der Waals surface area contributed by atoms with Crippen LogP contribution in [0.5, 0.6) is 0 Å². The molecule has 0 heterocycles. The molecule has 0 spiro atoms. The third-order valence-electron chi connectivity index (χ3n) is 2.73. The van der Waals surface area contributed by atoms with E-state index in [2.05, 4.69) is 0 Å². The van der Waals surface area contributed by atoms with Crippen LogP contribution in [0.2, 0.25) is 0 Å². The summed E-state index contributed by atoms with van der Waals surface area (Å²) in [5, 5.41) is 16.4. The van der Waals surface area contributed by atoms with Crippen LogP contribution in [-0.2, 0) is 4.79 Å². The van der Waals surface area contributed by atoms with Crippen LogP contribution in [0.3, 0.4) is 0 Å². The first-order chi connectivity index (χ1) is 10.6. The normalized spacial score (nSPS) is 16.7. The van der Waals surface area contributed by atoms with Crippen molar-refractivity contribution in [1.29, 1.82) is 0 Å².